The molecule has 0 saturated carbocycles. The number of amides is 1. The quantitative estimate of drug-likeness (QED) is 0.769. The maximum absolute atomic E-state index is 12.0. The number of piperazine rings is 1. The fraction of sp³-hybridized carbons (Fsp3) is 0.917. The van der Waals surface area contributed by atoms with Gasteiger partial charge in [-0.05, 0) is 27.2 Å². The summed E-state index contributed by atoms with van der Waals surface area (Å²) in [5.41, 5.74) is -0.535. The zero-order valence-corrected chi connectivity index (χ0v) is 13.2. The van der Waals surface area contributed by atoms with Crippen molar-refractivity contribution in [2.45, 2.75) is 45.8 Å². The molecule has 0 spiro atoms. The summed E-state index contributed by atoms with van der Waals surface area (Å²) in [7, 11) is -3.22. The zero-order valence-electron chi connectivity index (χ0n) is 12.3. The molecule has 1 amide bonds. The first-order valence-electron chi connectivity index (χ1n) is 6.49. The van der Waals surface area contributed by atoms with Gasteiger partial charge < -0.3 is 9.64 Å². The van der Waals surface area contributed by atoms with E-state index in [0.29, 0.717) is 26.1 Å². The largest absolute Gasteiger partial charge is 0.444 e. The highest BCUT2D eigenvalue weighted by molar-refractivity contribution is 7.88. The predicted molar refractivity (Wildman–Crippen MR) is 73.4 cm³/mol. The van der Waals surface area contributed by atoms with Gasteiger partial charge in [0.05, 0.1) is 6.26 Å². The lowest BCUT2D eigenvalue weighted by Gasteiger charge is -2.39. The lowest BCUT2D eigenvalue weighted by molar-refractivity contribution is 0.0130. The van der Waals surface area contributed by atoms with Crippen molar-refractivity contribution in [3.8, 4) is 0 Å². The lowest BCUT2D eigenvalue weighted by Crippen LogP contribution is -2.56. The summed E-state index contributed by atoms with van der Waals surface area (Å²) in [5.74, 6) is 0. The van der Waals surface area contributed by atoms with E-state index in [1.807, 2.05) is 27.7 Å². The highest BCUT2D eigenvalue weighted by Gasteiger charge is 2.34. The second-order valence-corrected chi connectivity index (χ2v) is 7.80. The summed E-state index contributed by atoms with van der Waals surface area (Å²) in [6.07, 6.45) is 1.50. The molecule has 1 aliphatic rings. The van der Waals surface area contributed by atoms with E-state index in [9.17, 15) is 13.2 Å². The van der Waals surface area contributed by atoms with Gasteiger partial charge in [-0.1, -0.05) is 6.92 Å². The molecule has 1 aliphatic heterocycles. The molecule has 7 heteroatoms. The van der Waals surface area contributed by atoms with Crippen LogP contribution >= 0.6 is 0 Å². The first-order valence-corrected chi connectivity index (χ1v) is 8.34. The van der Waals surface area contributed by atoms with Crippen molar-refractivity contribution in [1.82, 2.24) is 9.21 Å². The number of rotatable bonds is 2. The molecule has 1 fully saturated rings. The highest BCUT2D eigenvalue weighted by atomic mass is 32.2. The van der Waals surface area contributed by atoms with E-state index >= 15 is 0 Å². The molecule has 0 aliphatic carbocycles. The number of carbonyl (C=O) groups excluding carboxylic acids is 1. The van der Waals surface area contributed by atoms with Gasteiger partial charge in [0, 0.05) is 25.7 Å². The normalized spacial score (nSPS) is 22.4. The molecule has 0 unspecified atom stereocenters. The monoisotopic (exact) mass is 292 g/mol. The number of ether oxygens (including phenoxy) is 1. The van der Waals surface area contributed by atoms with Gasteiger partial charge in [0.15, 0.2) is 0 Å². The second kappa shape index (κ2) is 5.66. The summed E-state index contributed by atoms with van der Waals surface area (Å²) in [4.78, 5) is 13.6. The summed E-state index contributed by atoms with van der Waals surface area (Å²) < 4.78 is 30.1. The van der Waals surface area contributed by atoms with Crippen molar-refractivity contribution in [3.05, 3.63) is 0 Å². The molecule has 0 radical (unpaired) electrons. The van der Waals surface area contributed by atoms with Crippen molar-refractivity contribution in [3.63, 3.8) is 0 Å². The third-order valence-electron chi connectivity index (χ3n) is 2.98. The van der Waals surface area contributed by atoms with Gasteiger partial charge in [0.25, 0.3) is 0 Å². The van der Waals surface area contributed by atoms with E-state index in [1.54, 1.807) is 4.90 Å². The van der Waals surface area contributed by atoms with E-state index in [2.05, 4.69) is 0 Å². The van der Waals surface area contributed by atoms with E-state index in [0.717, 1.165) is 0 Å². The molecule has 0 N–H and O–H groups in total. The molecule has 19 heavy (non-hydrogen) atoms. The molecule has 6 nitrogen and oxygen atoms in total. The van der Waals surface area contributed by atoms with Crippen molar-refractivity contribution in [2.24, 2.45) is 0 Å². The van der Waals surface area contributed by atoms with Crippen LogP contribution in [0.4, 0.5) is 4.79 Å². The standard InChI is InChI=1S/C12H24N2O4S/c1-6-10-9-13(11(15)18-12(2,3)4)7-8-14(10)19(5,16)17/h10H,6-9H2,1-5H3/t10-/m0/s1. The van der Waals surface area contributed by atoms with Crippen LogP contribution in [0.2, 0.25) is 0 Å². The first kappa shape index (κ1) is 16.2. The van der Waals surface area contributed by atoms with Crippen molar-refractivity contribution in [2.75, 3.05) is 25.9 Å². The maximum Gasteiger partial charge on any atom is 0.410 e. The number of hydrogen-bond acceptors (Lipinski definition) is 4. The zero-order chi connectivity index (χ0) is 14.8. The molecule has 0 bridgehead atoms. The van der Waals surface area contributed by atoms with Gasteiger partial charge in [0.1, 0.15) is 5.60 Å². The van der Waals surface area contributed by atoms with Gasteiger partial charge >= 0.3 is 6.09 Å². The molecule has 0 aromatic carbocycles. The predicted octanol–water partition coefficient (Wildman–Crippen LogP) is 1.28. The number of carbonyl (C=O) groups is 1. The van der Waals surface area contributed by atoms with Crippen LogP contribution in [0.5, 0.6) is 0 Å². The Morgan fingerprint density at radius 3 is 2.32 bits per heavy atom. The van der Waals surface area contributed by atoms with Crippen LogP contribution in [0.3, 0.4) is 0 Å². The fourth-order valence-corrected chi connectivity index (χ4v) is 3.27. The third kappa shape index (κ3) is 4.65. The molecule has 112 valence electrons. The van der Waals surface area contributed by atoms with Crippen LogP contribution in [-0.4, -0.2) is 61.2 Å². The van der Waals surface area contributed by atoms with E-state index in [-0.39, 0.29) is 12.1 Å². The Bertz CT molecular complexity index is 428. The van der Waals surface area contributed by atoms with Crippen molar-refractivity contribution < 1.29 is 17.9 Å². The molecule has 0 aromatic rings. The minimum absolute atomic E-state index is 0.170. The Morgan fingerprint density at radius 1 is 1.32 bits per heavy atom. The fourth-order valence-electron chi connectivity index (χ4n) is 2.10. The summed E-state index contributed by atoms with van der Waals surface area (Å²) in [5, 5.41) is 0. The lowest BCUT2D eigenvalue weighted by atomic mass is 10.1. The van der Waals surface area contributed by atoms with Crippen LogP contribution < -0.4 is 0 Å². The summed E-state index contributed by atoms with van der Waals surface area (Å²) in [6.45, 7) is 8.45. The average Bonchev–Trinajstić information content (AvgIpc) is 2.24. The average molecular weight is 292 g/mol. The number of nitrogens with zero attached hydrogens (tertiary/aromatic N) is 2. The van der Waals surface area contributed by atoms with Gasteiger partial charge in [-0.3, -0.25) is 0 Å². The molecule has 1 saturated heterocycles. The number of hydrogen-bond donors (Lipinski definition) is 0. The van der Waals surface area contributed by atoms with Crippen LogP contribution in [0.25, 0.3) is 0 Å². The highest BCUT2D eigenvalue weighted by Crippen LogP contribution is 2.18. The molecule has 1 heterocycles. The third-order valence-corrected chi connectivity index (χ3v) is 4.31. The smallest absolute Gasteiger partial charge is 0.410 e. The minimum Gasteiger partial charge on any atom is -0.444 e. The van der Waals surface area contributed by atoms with Crippen LogP contribution in [0.1, 0.15) is 34.1 Å². The SMILES string of the molecule is CC[C@H]1CN(C(=O)OC(C)(C)C)CCN1S(C)(=O)=O. The van der Waals surface area contributed by atoms with Gasteiger partial charge in [-0.25, -0.2) is 13.2 Å². The molecular weight excluding hydrogens is 268 g/mol. The topological polar surface area (TPSA) is 66.9 Å². The molecule has 1 rings (SSSR count). The van der Waals surface area contributed by atoms with Crippen LogP contribution in [0, 0.1) is 0 Å². The summed E-state index contributed by atoms with van der Waals surface area (Å²) in [6, 6.07) is -0.170. The molecular formula is C12H24N2O4S. The van der Waals surface area contributed by atoms with E-state index < -0.39 is 15.6 Å². The maximum atomic E-state index is 12.0. The van der Waals surface area contributed by atoms with Gasteiger partial charge in [-0.15, -0.1) is 0 Å². The molecule has 1 atom stereocenters. The van der Waals surface area contributed by atoms with Gasteiger partial charge in [-0.2, -0.15) is 4.31 Å². The Balaban J connectivity index is 2.72. The Labute approximate surface area is 115 Å². The van der Waals surface area contributed by atoms with Gasteiger partial charge in [0.2, 0.25) is 10.0 Å². The minimum atomic E-state index is -3.22. The summed E-state index contributed by atoms with van der Waals surface area (Å²) >= 11 is 0. The van der Waals surface area contributed by atoms with Crippen molar-refractivity contribution in [1.29, 1.82) is 0 Å². The first-order chi connectivity index (χ1) is 8.54. The number of sulfonamides is 1. The van der Waals surface area contributed by atoms with E-state index in [4.69, 9.17) is 4.74 Å². The second-order valence-electron chi connectivity index (χ2n) is 5.86. The molecule has 0 aromatic heterocycles. The Hall–Kier alpha value is -0.820. The van der Waals surface area contributed by atoms with Crippen molar-refractivity contribution >= 4 is 16.1 Å². The Kier molecular flexibility index (Phi) is 4.84. The Morgan fingerprint density at radius 2 is 1.89 bits per heavy atom. The van der Waals surface area contributed by atoms with Crippen LogP contribution in [0.15, 0.2) is 0 Å². The van der Waals surface area contributed by atoms with E-state index in [1.165, 1.54) is 10.6 Å². The van der Waals surface area contributed by atoms with Crippen LogP contribution in [-0.2, 0) is 14.8 Å².